The zero-order valence-electron chi connectivity index (χ0n) is 35.6. The van der Waals surface area contributed by atoms with Crippen molar-refractivity contribution in [3.8, 4) is 11.5 Å². The summed E-state index contributed by atoms with van der Waals surface area (Å²) in [4.78, 5) is 0. The smallest absolute Gasteiger partial charge is 0.193 e. The number of hydrogen-bond acceptors (Lipinski definition) is 6. The molecule has 1 aliphatic rings. The van der Waals surface area contributed by atoms with Gasteiger partial charge in [0.15, 0.2) is 33.3 Å². The standard InChI is InChI=1S/C39H82O4S2Si5/c1-17-47(18-2,19-3)40-35(30-33-46(14,15)16)36(41-48(20-4,21-5)22-6)34(13)37(42-49(23-7,24-8)25-9)38(39-44-31-29-32-45-39)43-50(26-10,27-11)28-12/h35-39H,13,17-29,31-32H2,1-12,14-16H3/t35-,36-,37-,38+/m0/s1. The Hall–Kier alpha value is 0.924. The summed E-state index contributed by atoms with van der Waals surface area (Å²) in [6.07, 6.45) is 0.259. The first-order chi connectivity index (χ1) is 23.6. The van der Waals surface area contributed by atoms with E-state index in [4.69, 9.17) is 24.3 Å². The van der Waals surface area contributed by atoms with Gasteiger partial charge in [-0.05, 0) is 96.0 Å². The summed E-state index contributed by atoms with van der Waals surface area (Å²) >= 11 is 4.19. The van der Waals surface area contributed by atoms with E-state index in [9.17, 15) is 0 Å². The molecule has 1 rings (SSSR count). The Balaban J connectivity index is 4.28. The van der Waals surface area contributed by atoms with Crippen LogP contribution < -0.4 is 0 Å². The van der Waals surface area contributed by atoms with Crippen molar-refractivity contribution in [2.24, 2.45) is 0 Å². The van der Waals surface area contributed by atoms with Gasteiger partial charge in [-0.1, -0.05) is 115 Å². The second kappa shape index (κ2) is 23.1. The topological polar surface area (TPSA) is 36.9 Å². The summed E-state index contributed by atoms with van der Waals surface area (Å²) < 4.78 is 31.1. The van der Waals surface area contributed by atoms with Crippen LogP contribution in [-0.4, -0.2) is 81.8 Å². The van der Waals surface area contributed by atoms with Crippen LogP contribution in [0, 0.1) is 11.5 Å². The van der Waals surface area contributed by atoms with Crippen molar-refractivity contribution >= 4 is 64.9 Å². The number of hydrogen-bond donors (Lipinski definition) is 0. The molecule has 0 spiro atoms. The Morgan fingerprint density at radius 3 is 1.26 bits per heavy atom. The van der Waals surface area contributed by atoms with E-state index in [-0.39, 0.29) is 24.4 Å². The third-order valence-electron chi connectivity index (χ3n) is 12.3. The molecule has 11 heteroatoms. The van der Waals surface area contributed by atoms with E-state index in [2.05, 4.69) is 138 Å². The van der Waals surface area contributed by atoms with Crippen LogP contribution in [0.2, 0.25) is 92.2 Å². The van der Waals surface area contributed by atoms with E-state index in [0.29, 0.717) is 4.58 Å². The minimum Gasteiger partial charge on any atom is -0.409 e. The summed E-state index contributed by atoms with van der Waals surface area (Å²) in [5.74, 6) is 6.18. The van der Waals surface area contributed by atoms with Crippen molar-refractivity contribution < 1.29 is 17.7 Å². The average molecular weight is 820 g/mol. The third-order valence-corrected chi connectivity index (χ3v) is 34.7. The first-order valence-corrected chi connectivity index (χ1v) is 36.5. The molecule has 0 bridgehead atoms. The molecular formula is C39H82O4S2Si5. The highest BCUT2D eigenvalue weighted by atomic mass is 32.2. The maximum Gasteiger partial charge on any atom is 0.193 e. The number of thioether (sulfide) groups is 2. The molecule has 4 nitrogen and oxygen atoms in total. The quantitative estimate of drug-likeness (QED) is 0.0519. The van der Waals surface area contributed by atoms with Crippen molar-refractivity contribution in [3.05, 3.63) is 12.2 Å². The minimum atomic E-state index is -2.13. The van der Waals surface area contributed by atoms with E-state index in [1.165, 1.54) is 17.9 Å². The lowest BCUT2D eigenvalue weighted by Gasteiger charge is -2.47. The van der Waals surface area contributed by atoms with Crippen molar-refractivity contribution in [3.63, 3.8) is 0 Å². The van der Waals surface area contributed by atoms with Gasteiger partial charge in [-0.2, -0.15) is 0 Å². The summed E-state index contributed by atoms with van der Waals surface area (Å²) in [5.41, 5.74) is 4.84. The van der Waals surface area contributed by atoms with Crippen molar-refractivity contribution in [1.29, 1.82) is 0 Å². The van der Waals surface area contributed by atoms with Crippen LogP contribution >= 0.6 is 23.5 Å². The first-order valence-electron chi connectivity index (χ1n) is 20.8. The monoisotopic (exact) mass is 818 g/mol. The van der Waals surface area contributed by atoms with Crippen LogP contribution in [-0.2, 0) is 17.7 Å². The largest absolute Gasteiger partial charge is 0.409 e. The fraction of sp³-hybridized carbons (Fsp3) is 0.897. The lowest BCUT2D eigenvalue weighted by Crippen LogP contribution is -2.57. The SMILES string of the molecule is C=C([C@H](O[Si](CC)(CC)CC)[C@H](C#C[Si](C)(C)C)O[Si](CC)(CC)CC)[C@H](O[Si](CC)(CC)CC)[C@@H](O[Si](CC)(CC)CC)C1SCCCS1. The molecule has 1 fully saturated rings. The second-order valence-electron chi connectivity index (χ2n) is 15.7. The first kappa shape index (κ1) is 48.9. The van der Waals surface area contributed by atoms with Crippen LogP contribution in [0.4, 0.5) is 0 Å². The molecule has 0 unspecified atom stereocenters. The Bertz CT molecular complexity index is 991. The molecule has 294 valence electrons. The average Bonchev–Trinajstić information content (AvgIpc) is 3.15. The van der Waals surface area contributed by atoms with Gasteiger partial charge in [-0.25, -0.2) is 0 Å². The Morgan fingerprint density at radius 2 is 0.900 bits per heavy atom. The minimum absolute atomic E-state index is 0.0657. The zero-order chi connectivity index (χ0) is 38.2. The molecule has 1 saturated heterocycles. The Morgan fingerprint density at radius 1 is 0.560 bits per heavy atom. The van der Waals surface area contributed by atoms with Gasteiger partial charge < -0.3 is 17.7 Å². The van der Waals surface area contributed by atoms with E-state index >= 15 is 0 Å². The van der Waals surface area contributed by atoms with Crippen LogP contribution in [0.1, 0.15) is 89.5 Å². The Kier molecular flexibility index (Phi) is 22.6. The molecule has 1 heterocycles. The van der Waals surface area contributed by atoms with Gasteiger partial charge in [0, 0.05) is 0 Å². The van der Waals surface area contributed by atoms with Gasteiger partial charge in [0.1, 0.15) is 20.3 Å². The van der Waals surface area contributed by atoms with Gasteiger partial charge in [0.25, 0.3) is 0 Å². The fourth-order valence-corrected chi connectivity index (χ4v) is 22.3. The third kappa shape index (κ3) is 13.6. The molecule has 0 radical (unpaired) electrons. The molecule has 0 aromatic carbocycles. The van der Waals surface area contributed by atoms with Gasteiger partial charge >= 0.3 is 0 Å². The van der Waals surface area contributed by atoms with Crippen LogP contribution in [0.15, 0.2) is 12.2 Å². The molecule has 50 heavy (non-hydrogen) atoms. The summed E-state index contributed by atoms with van der Waals surface area (Å²) in [7, 11) is -10.0. The van der Waals surface area contributed by atoms with Gasteiger partial charge in [0.2, 0.25) is 0 Å². The van der Waals surface area contributed by atoms with Crippen molar-refractivity contribution in [1.82, 2.24) is 0 Å². The molecular weight excluding hydrogens is 737 g/mol. The molecule has 1 aliphatic heterocycles. The highest BCUT2D eigenvalue weighted by molar-refractivity contribution is 8.17. The second-order valence-corrected chi connectivity index (χ2v) is 42.2. The number of rotatable bonds is 25. The molecule has 0 amide bonds. The van der Waals surface area contributed by atoms with E-state index in [1.54, 1.807) is 0 Å². The maximum atomic E-state index is 7.80. The van der Waals surface area contributed by atoms with Gasteiger partial charge in [-0.3, -0.25) is 0 Å². The fourth-order valence-electron chi connectivity index (χ4n) is 7.35. The predicted molar refractivity (Wildman–Crippen MR) is 242 cm³/mol. The molecule has 0 saturated carbocycles. The van der Waals surface area contributed by atoms with Crippen molar-refractivity contribution in [2.75, 3.05) is 11.5 Å². The zero-order valence-corrected chi connectivity index (χ0v) is 42.3. The lowest BCUT2D eigenvalue weighted by molar-refractivity contribution is 0.0345. The van der Waals surface area contributed by atoms with Gasteiger partial charge in [-0.15, -0.1) is 29.1 Å². The van der Waals surface area contributed by atoms with Crippen LogP contribution in [0.5, 0.6) is 0 Å². The molecule has 0 aromatic rings. The van der Waals surface area contributed by atoms with Crippen LogP contribution in [0.25, 0.3) is 0 Å². The summed E-state index contributed by atoms with van der Waals surface area (Å²) in [6, 6.07) is 13.1. The predicted octanol–water partition coefficient (Wildman–Crippen LogP) is 13.2. The molecule has 0 aliphatic carbocycles. The summed E-state index contributed by atoms with van der Waals surface area (Å²) in [6.45, 7) is 40.3. The highest BCUT2D eigenvalue weighted by Gasteiger charge is 2.49. The molecule has 0 aromatic heterocycles. The lowest BCUT2D eigenvalue weighted by atomic mass is 9.98. The molecule has 4 atom stereocenters. The van der Waals surface area contributed by atoms with E-state index in [0.717, 1.165) is 78.1 Å². The van der Waals surface area contributed by atoms with Crippen molar-refractivity contribution in [2.45, 2.75) is 211 Å². The highest BCUT2D eigenvalue weighted by Crippen LogP contribution is 2.43. The summed E-state index contributed by atoms with van der Waals surface area (Å²) in [5, 5.41) is 0. The van der Waals surface area contributed by atoms with Gasteiger partial charge in [0.05, 0.1) is 16.8 Å². The maximum absolute atomic E-state index is 7.80. The normalized spacial score (nSPS) is 17.9. The van der Waals surface area contributed by atoms with Crippen LogP contribution in [0.3, 0.4) is 0 Å². The van der Waals surface area contributed by atoms with E-state index < -0.39 is 41.3 Å². The van der Waals surface area contributed by atoms with E-state index in [1.807, 2.05) is 0 Å². The molecule has 0 N–H and O–H groups in total. The Labute approximate surface area is 326 Å².